The highest BCUT2D eigenvalue weighted by molar-refractivity contribution is 9.09. The molecule has 1 aliphatic heterocycles. The van der Waals surface area contributed by atoms with Crippen LogP contribution in [-0.2, 0) is 4.79 Å². The van der Waals surface area contributed by atoms with E-state index in [4.69, 9.17) is 0 Å². The van der Waals surface area contributed by atoms with Crippen LogP contribution in [0.25, 0.3) is 0 Å². The molecule has 0 aromatic heterocycles. The second-order valence-electron chi connectivity index (χ2n) is 4.94. The minimum absolute atomic E-state index is 0.378. The average molecular weight is 274 g/mol. The van der Waals surface area contributed by atoms with Crippen molar-refractivity contribution in [2.24, 2.45) is 5.92 Å². The Labute approximate surface area is 101 Å². The van der Waals surface area contributed by atoms with Crippen LogP contribution in [0.3, 0.4) is 0 Å². The maximum absolute atomic E-state index is 11.6. The van der Waals surface area contributed by atoms with E-state index in [-0.39, 0.29) is 0 Å². The van der Waals surface area contributed by atoms with E-state index in [0.29, 0.717) is 11.9 Å². The van der Waals surface area contributed by atoms with Crippen LogP contribution >= 0.6 is 15.9 Å². The number of nitrogens with zero attached hydrogens (tertiary/aromatic N) is 1. The Morgan fingerprint density at radius 1 is 1.33 bits per heavy atom. The third-order valence-electron chi connectivity index (χ3n) is 3.99. The molecular weight excluding hydrogens is 254 g/mol. The molecule has 86 valence electrons. The van der Waals surface area contributed by atoms with E-state index >= 15 is 0 Å². The minimum atomic E-state index is 0.378. The molecule has 1 atom stereocenters. The largest absolute Gasteiger partial charge is 0.340 e. The normalized spacial score (nSPS) is 34.5. The monoisotopic (exact) mass is 273 g/mol. The third kappa shape index (κ3) is 2.55. The van der Waals surface area contributed by atoms with Crippen LogP contribution in [0.15, 0.2) is 0 Å². The van der Waals surface area contributed by atoms with E-state index in [2.05, 4.69) is 27.8 Å². The fourth-order valence-corrected chi connectivity index (χ4v) is 3.44. The van der Waals surface area contributed by atoms with Crippen LogP contribution in [0.4, 0.5) is 0 Å². The maximum atomic E-state index is 11.6. The molecule has 2 fully saturated rings. The van der Waals surface area contributed by atoms with Gasteiger partial charge in [-0.05, 0) is 44.9 Å². The Hall–Kier alpha value is -0.0500. The summed E-state index contributed by atoms with van der Waals surface area (Å²) in [5.41, 5.74) is 0. The van der Waals surface area contributed by atoms with Crippen molar-refractivity contribution < 1.29 is 4.79 Å². The molecule has 0 unspecified atom stereocenters. The maximum Gasteiger partial charge on any atom is 0.222 e. The van der Waals surface area contributed by atoms with E-state index < -0.39 is 0 Å². The molecule has 1 heterocycles. The van der Waals surface area contributed by atoms with Crippen molar-refractivity contribution in [3.05, 3.63) is 0 Å². The van der Waals surface area contributed by atoms with Gasteiger partial charge in [0.2, 0.25) is 5.91 Å². The van der Waals surface area contributed by atoms with Gasteiger partial charge in [0.05, 0.1) is 0 Å². The van der Waals surface area contributed by atoms with Gasteiger partial charge >= 0.3 is 0 Å². The molecule has 3 heteroatoms. The van der Waals surface area contributed by atoms with Crippen LogP contribution < -0.4 is 0 Å². The topological polar surface area (TPSA) is 20.3 Å². The Balaban J connectivity index is 1.90. The number of hydrogen-bond acceptors (Lipinski definition) is 1. The number of carbonyl (C=O) groups is 1. The zero-order valence-electron chi connectivity index (χ0n) is 9.42. The van der Waals surface area contributed by atoms with Crippen molar-refractivity contribution in [1.29, 1.82) is 0 Å². The number of amides is 1. The van der Waals surface area contributed by atoms with Gasteiger partial charge in [-0.1, -0.05) is 15.9 Å². The fraction of sp³-hybridized carbons (Fsp3) is 0.917. The summed E-state index contributed by atoms with van der Waals surface area (Å²) in [6, 6.07) is 0.472. The van der Waals surface area contributed by atoms with Gasteiger partial charge in [-0.25, -0.2) is 0 Å². The average Bonchev–Trinajstić information content (AvgIpc) is 2.65. The molecule has 2 rings (SSSR count). The van der Waals surface area contributed by atoms with Crippen molar-refractivity contribution in [3.63, 3.8) is 0 Å². The van der Waals surface area contributed by atoms with E-state index in [1.165, 1.54) is 25.7 Å². The fourth-order valence-electron chi connectivity index (χ4n) is 2.92. The number of rotatable bonds is 2. The van der Waals surface area contributed by atoms with Crippen molar-refractivity contribution >= 4 is 21.8 Å². The smallest absolute Gasteiger partial charge is 0.222 e. The van der Waals surface area contributed by atoms with Crippen LogP contribution in [0.1, 0.15) is 45.4 Å². The highest BCUT2D eigenvalue weighted by Crippen LogP contribution is 2.33. The number of halogens is 1. The Bertz CT molecular complexity index is 236. The first kappa shape index (κ1) is 11.4. The number of likely N-dealkylation sites (tertiary alicyclic amines) is 1. The number of alkyl halides is 1. The quantitative estimate of drug-likeness (QED) is 0.709. The van der Waals surface area contributed by atoms with E-state index in [9.17, 15) is 4.79 Å². The molecule has 1 amide bonds. The summed E-state index contributed by atoms with van der Waals surface area (Å²) < 4.78 is 0. The second-order valence-corrected chi connectivity index (χ2v) is 6.24. The van der Waals surface area contributed by atoms with Crippen molar-refractivity contribution in [3.8, 4) is 0 Å². The molecular formula is C12H20BrNO. The summed E-state index contributed by atoms with van der Waals surface area (Å²) in [6.07, 6.45) is 6.95. The van der Waals surface area contributed by atoms with E-state index in [1.54, 1.807) is 0 Å². The highest BCUT2D eigenvalue weighted by Gasteiger charge is 2.32. The van der Waals surface area contributed by atoms with Gasteiger partial charge < -0.3 is 4.90 Å². The lowest BCUT2D eigenvalue weighted by molar-refractivity contribution is -0.130. The molecule has 0 radical (unpaired) electrons. The van der Waals surface area contributed by atoms with Crippen molar-refractivity contribution in [2.45, 2.75) is 56.3 Å². The van der Waals surface area contributed by atoms with Gasteiger partial charge in [0.1, 0.15) is 0 Å². The lowest BCUT2D eigenvalue weighted by Gasteiger charge is -2.35. The van der Waals surface area contributed by atoms with Crippen LogP contribution in [0, 0.1) is 5.92 Å². The molecule has 2 aliphatic rings. The van der Waals surface area contributed by atoms with Gasteiger partial charge in [0.25, 0.3) is 0 Å². The number of hydrogen-bond donors (Lipinski definition) is 0. The first-order valence-electron chi connectivity index (χ1n) is 6.12. The Morgan fingerprint density at radius 3 is 2.53 bits per heavy atom. The summed E-state index contributed by atoms with van der Waals surface area (Å²) in [4.78, 5) is 14.5. The summed E-state index contributed by atoms with van der Waals surface area (Å²) in [6.45, 7) is 3.23. The summed E-state index contributed by atoms with van der Waals surface area (Å²) in [5, 5.41) is 0. The SMILES string of the molecule is C[C@H](C1CCC(Br)CC1)N1CCCC1=O. The Morgan fingerprint density at radius 2 is 2.00 bits per heavy atom. The zero-order valence-corrected chi connectivity index (χ0v) is 11.0. The third-order valence-corrected chi connectivity index (χ3v) is 4.90. The second kappa shape index (κ2) is 4.86. The van der Waals surface area contributed by atoms with Crippen molar-refractivity contribution in [1.82, 2.24) is 4.90 Å². The van der Waals surface area contributed by atoms with Crippen LogP contribution in [0.2, 0.25) is 0 Å². The predicted molar refractivity (Wildman–Crippen MR) is 65.1 cm³/mol. The number of carbonyl (C=O) groups excluding carboxylic acids is 1. The molecule has 0 aromatic carbocycles. The van der Waals surface area contributed by atoms with Gasteiger partial charge in [0.15, 0.2) is 0 Å². The molecule has 0 N–H and O–H groups in total. The summed E-state index contributed by atoms with van der Waals surface area (Å²) >= 11 is 3.68. The lowest BCUT2D eigenvalue weighted by Crippen LogP contribution is -2.40. The van der Waals surface area contributed by atoms with Crippen LogP contribution in [-0.4, -0.2) is 28.2 Å². The molecule has 0 bridgehead atoms. The first-order valence-corrected chi connectivity index (χ1v) is 7.03. The minimum Gasteiger partial charge on any atom is -0.340 e. The zero-order chi connectivity index (χ0) is 10.8. The Kier molecular flexibility index (Phi) is 3.70. The summed E-state index contributed by atoms with van der Waals surface area (Å²) in [5.74, 6) is 1.12. The predicted octanol–water partition coefficient (Wildman–Crippen LogP) is 2.95. The van der Waals surface area contributed by atoms with Crippen LogP contribution in [0.5, 0.6) is 0 Å². The van der Waals surface area contributed by atoms with Gasteiger partial charge in [-0.3, -0.25) is 4.79 Å². The lowest BCUT2D eigenvalue weighted by atomic mass is 9.84. The summed E-state index contributed by atoms with van der Waals surface area (Å²) in [7, 11) is 0. The molecule has 1 aliphatic carbocycles. The molecule has 2 nitrogen and oxygen atoms in total. The van der Waals surface area contributed by atoms with E-state index in [1.807, 2.05) is 0 Å². The molecule has 1 saturated carbocycles. The molecule has 0 spiro atoms. The standard InChI is InChI=1S/C12H20BrNO/c1-9(14-8-2-3-12(14)15)10-4-6-11(13)7-5-10/h9-11H,2-8H2,1H3/t9-,10?,11?/m1/s1. The highest BCUT2D eigenvalue weighted by atomic mass is 79.9. The first-order chi connectivity index (χ1) is 7.18. The molecule has 15 heavy (non-hydrogen) atoms. The van der Waals surface area contributed by atoms with Gasteiger partial charge in [-0.2, -0.15) is 0 Å². The molecule has 0 aromatic rings. The molecule has 1 saturated heterocycles. The van der Waals surface area contributed by atoms with E-state index in [0.717, 1.165) is 30.1 Å². The van der Waals surface area contributed by atoms with Crippen molar-refractivity contribution in [2.75, 3.05) is 6.54 Å². The van der Waals surface area contributed by atoms with Gasteiger partial charge in [0, 0.05) is 23.8 Å². The van der Waals surface area contributed by atoms with Gasteiger partial charge in [-0.15, -0.1) is 0 Å².